The molecule has 17 heteroatoms. The third kappa shape index (κ3) is 11.6. The molecule has 7 atom stereocenters. The number of rotatable bonds is 16. The molecule has 0 aromatic heterocycles. The highest BCUT2D eigenvalue weighted by Gasteiger charge is 2.53. The number of hydrogen-bond donors (Lipinski definition) is 2. The van der Waals surface area contributed by atoms with Gasteiger partial charge in [-0.15, -0.1) is 0 Å². The normalized spacial score (nSPS) is 20.3. The van der Waals surface area contributed by atoms with Crippen molar-refractivity contribution in [2.24, 2.45) is 0 Å². The van der Waals surface area contributed by atoms with Gasteiger partial charge in [0.15, 0.2) is 30.7 Å². The van der Waals surface area contributed by atoms with E-state index in [2.05, 4.69) is 10.6 Å². The molecule has 1 fully saturated rings. The van der Waals surface area contributed by atoms with Crippen LogP contribution in [-0.4, -0.2) is 112 Å². The van der Waals surface area contributed by atoms with Gasteiger partial charge in [-0.3, -0.25) is 24.0 Å². The predicted octanol–water partition coefficient (Wildman–Crippen LogP) is 2.89. The summed E-state index contributed by atoms with van der Waals surface area (Å²) in [5.74, 6) is -5.40. The molecule has 1 aliphatic carbocycles. The van der Waals surface area contributed by atoms with Crippen LogP contribution in [0.3, 0.4) is 0 Å². The van der Waals surface area contributed by atoms with Crippen LogP contribution in [0, 0.1) is 0 Å². The minimum Gasteiger partial charge on any atom is -0.467 e. The molecular formula is C42H46N2O15. The Kier molecular flexibility index (Phi) is 15.1. The SMILES string of the molecule is COC(=O)[C@H](Cc1ccccc1)NC(=O)[C@H](CNC(=O)OCC1c2ccccc2-c2ccccc21)O[C@@H]1O[C@H](COC(C)=O)[C@@H](OC(C)=O)[C@H](OC(C)=O)[C@H]1OC(C)=O. The van der Waals surface area contributed by atoms with Gasteiger partial charge in [-0.05, 0) is 27.8 Å². The van der Waals surface area contributed by atoms with Crippen LogP contribution in [0.4, 0.5) is 4.79 Å². The number of ether oxygens (including phenoxy) is 8. The van der Waals surface area contributed by atoms with Crippen molar-refractivity contribution < 1.29 is 71.5 Å². The number of amides is 2. The maximum absolute atomic E-state index is 14.2. The average Bonchev–Trinajstić information content (AvgIpc) is 3.52. The molecule has 0 spiro atoms. The number of fused-ring (bicyclic) bond motifs is 3. The maximum Gasteiger partial charge on any atom is 0.407 e. The fourth-order valence-corrected chi connectivity index (χ4v) is 6.94. The van der Waals surface area contributed by atoms with E-state index >= 15 is 0 Å². The van der Waals surface area contributed by atoms with Gasteiger partial charge in [0.2, 0.25) is 0 Å². The highest BCUT2D eigenvalue weighted by Crippen LogP contribution is 2.44. The first-order chi connectivity index (χ1) is 28.2. The van der Waals surface area contributed by atoms with Gasteiger partial charge in [0.1, 0.15) is 25.4 Å². The Morgan fingerprint density at radius 2 is 1.22 bits per heavy atom. The van der Waals surface area contributed by atoms with Gasteiger partial charge in [-0.1, -0.05) is 78.9 Å². The largest absolute Gasteiger partial charge is 0.467 e. The fourth-order valence-electron chi connectivity index (χ4n) is 6.94. The highest BCUT2D eigenvalue weighted by molar-refractivity contribution is 5.87. The number of carbonyl (C=O) groups is 7. The van der Waals surface area contributed by atoms with Crippen molar-refractivity contribution in [3.05, 3.63) is 95.6 Å². The lowest BCUT2D eigenvalue weighted by Crippen LogP contribution is -2.64. The van der Waals surface area contributed by atoms with E-state index < -0.39 is 97.9 Å². The molecule has 3 aromatic carbocycles. The molecule has 3 aromatic rings. The molecule has 0 saturated carbocycles. The Labute approximate surface area is 339 Å². The summed E-state index contributed by atoms with van der Waals surface area (Å²) >= 11 is 0. The first-order valence-electron chi connectivity index (χ1n) is 18.7. The maximum atomic E-state index is 14.2. The standard InChI is InChI=1S/C42H46N2O15/c1-23(45)53-22-35-36(55-24(2)46)37(56-25(3)47)38(57-26(4)48)41(59-35)58-34(39(49)44-33(40(50)52-5)19-27-13-7-6-8-14-27)20-43-42(51)54-21-32-30-17-11-9-15-28(30)29-16-10-12-18-31(29)32/h6-18,32-38,41H,19-22H2,1-5H3,(H,43,51)(H,44,49)/t33-,34-,35+,36+,37-,38+,41+/m0/s1. The number of esters is 5. The van der Waals surface area contributed by atoms with Gasteiger partial charge in [0, 0.05) is 40.0 Å². The lowest BCUT2D eigenvalue weighted by Gasteiger charge is -2.44. The van der Waals surface area contributed by atoms with Crippen LogP contribution in [0.15, 0.2) is 78.9 Å². The van der Waals surface area contributed by atoms with Crippen LogP contribution in [-0.2, 0) is 73.1 Å². The quantitative estimate of drug-likeness (QED) is 0.157. The molecule has 0 radical (unpaired) electrons. The number of carbonyl (C=O) groups excluding carboxylic acids is 7. The van der Waals surface area contributed by atoms with Crippen molar-refractivity contribution >= 4 is 41.8 Å². The van der Waals surface area contributed by atoms with Crippen LogP contribution >= 0.6 is 0 Å². The minimum atomic E-state index is -1.80. The van der Waals surface area contributed by atoms with Crippen LogP contribution in [0.5, 0.6) is 0 Å². The Morgan fingerprint density at radius 3 is 1.80 bits per heavy atom. The predicted molar refractivity (Wildman–Crippen MR) is 204 cm³/mol. The van der Waals surface area contributed by atoms with Crippen molar-refractivity contribution in [1.29, 1.82) is 0 Å². The van der Waals surface area contributed by atoms with Crippen molar-refractivity contribution in [2.75, 3.05) is 26.9 Å². The number of benzene rings is 3. The monoisotopic (exact) mass is 818 g/mol. The van der Waals surface area contributed by atoms with Crippen molar-refractivity contribution in [2.45, 2.75) is 82.9 Å². The van der Waals surface area contributed by atoms with Crippen LogP contribution in [0.1, 0.15) is 50.3 Å². The number of nitrogens with one attached hydrogen (secondary N) is 2. The highest BCUT2D eigenvalue weighted by atomic mass is 16.7. The average molecular weight is 819 g/mol. The van der Waals surface area contributed by atoms with E-state index in [-0.39, 0.29) is 18.9 Å². The second-order valence-electron chi connectivity index (χ2n) is 13.7. The molecule has 1 heterocycles. The van der Waals surface area contributed by atoms with Crippen molar-refractivity contribution in [3.8, 4) is 11.1 Å². The van der Waals surface area contributed by atoms with Gasteiger partial charge < -0.3 is 48.5 Å². The van der Waals surface area contributed by atoms with E-state index in [1.54, 1.807) is 30.3 Å². The second kappa shape index (κ2) is 20.4. The summed E-state index contributed by atoms with van der Waals surface area (Å²) in [5.41, 5.74) is 4.65. The van der Waals surface area contributed by atoms with Gasteiger partial charge in [-0.25, -0.2) is 9.59 Å². The summed E-state index contributed by atoms with van der Waals surface area (Å²) in [4.78, 5) is 89.3. The van der Waals surface area contributed by atoms with Crippen LogP contribution < -0.4 is 10.6 Å². The van der Waals surface area contributed by atoms with E-state index in [1.807, 2.05) is 48.5 Å². The third-order valence-corrected chi connectivity index (χ3v) is 9.40. The van der Waals surface area contributed by atoms with Crippen molar-refractivity contribution in [1.82, 2.24) is 10.6 Å². The summed E-state index contributed by atoms with van der Waals surface area (Å²) < 4.78 is 44.4. The van der Waals surface area contributed by atoms with E-state index in [4.69, 9.17) is 37.9 Å². The van der Waals surface area contributed by atoms with E-state index in [1.165, 1.54) is 0 Å². The molecule has 1 aliphatic heterocycles. The molecule has 0 unspecified atom stereocenters. The summed E-state index contributed by atoms with van der Waals surface area (Å²) in [6, 6.07) is 23.0. The van der Waals surface area contributed by atoms with Crippen molar-refractivity contribution in [3.63, 3.8) is 0 Å². The first kappa shape index (κ1) is 43.8. The molecular weight excluding hydrogens is 772 g/mol. The number of hydrogen-bond acceptors (Lipinski definition) is 15. The molecule has 59 heavy (non-hydrogen) atoms. The number of alkyl carbamates (subject to hydrolysis) is 1. The molecule has 0 bridgehead atoms. The van der Waals surface area contributed by atoms with E-state index in [9.17, 15) is 33.6 Å². The zero-order chi connectivity index (χ0) is 42.6. The number of methoxy groups -OCH3 is 1. The fraction of sp³-hybridized carbons (Fsp3) is 0.405. The molecule has 314 valence electrons. The smallest absolute Gasteiger partial charge is 0.407 e. The lowest BCUT2D eigenvalue weighted by atomic mass is 9.98. The van der Waals surface area contributed by atoms with Crippen LogP contribution in [0.2, 0.25) is 0 Å². The van der Waals surface area contributed by atoms with E-state index in [0.29, 0.717) is 5.56 Å². The molecule has 2 N–H and O–H groups in total. The summed E-state index contributed by atoms with van der Waals surface area (Å²) in [6.07, 6.45) is -10.7. The second-order valence-corrected chi connectivity index (χ2v) is 13.7. The molecule has 17 nitrogen and oxygen atoms in total. The summed E-state index contributed by atoms with van der Waals surface area (Å²) in [6.45, 7) is 3.06. The molecule has 5 rings (SSSR count). The van der Waals surface area contributed by atoms with E-state index in [0.717, 1.165) is 57.1 Å². The molecule has 1 saturated heterocycles. The van der Waals surface area contributed by atoms with Gasteiger partial charge >= 0.3 is 35.9 Å². The Hall–Kier alpha value is -6.33. The minimum absolute atomic E-state index is 0.00479. The summed E-state index contributed by atoms with van der Waals surface area (Å²) in [5, 5.41) is 5.12. The topological polar surface area (TPSA) is 217 Å². The third-order valence-electron chi connectivity index (χ3n) is 9.40. The zero-order valence-electron chi connectivity index (χ0n) is 33.1. The Morgan fingerprint density at radius 1 is 0.661 bits per heavy atom. The van der Waals surface area contributed by atoms with Gasteiger partial charge in [0.05, 0.1) is 13.7 Å². The molecule has 2 aliphatic rings. The Bertz CT molecular complexity index is 1960. The lowest BCUT2D eigenvalue weighted by molar-refractivity contribution is -0.314. The van der Waals surface area contributed by atoms with Crippen LogP contribution in [0.25, 0.3) is 11.1 Å². The zero-order valence-corrected chi connectivity index (χ0v) is 33.1. The van der Waals surface area contributed by atoms with Gasteiger partial charge in [0.25, 0.3) is 5.91 Å². The summed E-state index contributed by atoms with van der Waals surface area (Å²) in [7, 11) is 1.15. The Balaban J connectivity index is 1.43. The van der Waals surface area contributed by atoms with Gasteiger partial charge in [-0.2, -0.15) is 0 Å². The first-order valence-corrected chi connectivity index (χ1v) is 18.7. The molecule has 2 amide bonds.